The van der Waals surface area contributed by atoms with E-state index in [1.165, 1.54) is 0 Å². The Morgan fingerprint density at radius 3 is 2.81 bits per heavy atom. The van der Waals surface area contributed by atoms with E-state index >= 15 is 0 Å². The molecule has 0 saturated carbocycles. The Hall–Kier alpha value is -2.58. The predicted molar refractivity (Wildman–Crippen MR) is 127 cm³/mol. The van der Waals surface area contributed by atoms with Gasteiger partial charge in [-0.15, -0.1) is 0 Å². The van der Waals surface area contributed by atoms with Crippen LogP contribution in [-0.4, -0.2) is 34.4 Å². The third-order valence-corrected chi connectivity index (χ3v) is 7.53. The van der Waals surface area contributed by atoms with Gasteiger partial charge in [-0.1, -0.05) is 34.5 Å². The van der Waals surface area contributed by atoms with Crippen LogP contribution in [0.25, 0.3) is 5.70 Å². The highest BCUT2D eigenvalue weighted by Gasteiger charge is 2.67. The van der Waals surface area contributed by atoms with Crippen LogP contribution in [0.3, 0.4) is 0 Å². The zero-order chi connectivity index (χ0) is 22.7. The maximum absolute atomic E-state index is 13.1. The first-order chi connectivity index (χ1) is 15.4. The molecule has 0 amide bonds. The van der Waals surface area contributed by atoms with Crippen LogP contribution in [0.1, 0.15) is 30.6 Å². The Morgan fingerprint density at radius 1 is 1.28 bits per heavy atom. The fourth-order valence-corrected chi connectivity index (χ4v) is 6.21. The molecule has 0 bridgehead atoms. The summed E-state index contributed by atoms with van der Waals surface area (Å²) in [4.78, 5) is 24.0. The van der Waals surface area contributed by atoms with Gasteiger partial charge >= 0.3 is 5.95 Å². The van der Waals surface area contributed by atoms with Crippen molar-refractivity contribution in [1.29, 1.82) is 0 Å². The van der Waals surface area contributed by atoms with Gasteiger partial charge in [0.05, 0.1) is 20.4 Å². The number of aromatic nitrogens is 2. The first-order valence-corrected chi connectivity index (χ1v) is 11.4. The lowest BCUT2D eigenvalue weighted by atomic mass is 9.78. The fraction of sp³-hybridized carbons (Fsp3) is 0.250. The summed E-state index contributed by atoms with van der Waals surface area (Å²) in [5.74, 6) is 1.57. The van der Waals surface area contributed by atoms with E-state index in [2.05, 4.69) is 24.5 Å². The van der Waals surface area contributed by atoms with E-state index in [4.69, 9.17) is 26.2 Å². The van der Waals surface area contributed by atoms with Gasteiger partial charge in [0.15, 0.2) is 0 Å². The highest BCUT2D eigenvalue weighted by Crippen LogP contribution is 2.58. The number of nitrogens with zero attached hydrogens (tertiary/aromatic N) is 3. The summed E-state index contributed by atoms with van der Waals surface area (Å²) in [6.07, 6.45) is 10.6. The Morgan fingerprint density at radius 2 is 2.09 bits per heavy atom. The molecule has 3 aliphatic rings. The number of quaternary nitrogens is 1. The van der Waals surface area contributed by atoms with E-state index < -0.39 is 5.54 Å². The molecule has 1 aromatic heterocycles. The Balaban J connectivity index is 1.71. The van der Waals surface area contributed by atoms with Gasteiger partial charge in [-0.05, 0) is 55.5 Å². The second-order valence-corrected chi connectivity index (χ2v) is 9.49. The minimum atomic E-state index is -0.530. The molecule has 0 fully saturated rings. The van der Waals surface area contributed by atoms with Gasteiger partial charge in [-0.25, -0.2) is 4.57 Å². The number of hydrogen-bond donors (Lipinski definition) is 0. The van der Waals surface area contributed by atoms with Crippen molar-refractivity contribution in [3.05, 3.63) is 82.4 Å². The number of hydroxylamine groups is 2. The molecule has 2 aromatic rings. The fourth-order valence-electron chi connectivity index (χ4n) is 5.21. The summed E-state index contributed by atoms with van der Waals surface area (Å²) in [5, 5.41) is 1.15. The van der Waals surface area contributed by atoms with Gasteiger partial charge in [0.2, 0.25) is 10.7 Å². The lowest BCUT2D eigenvalue weighted by Crippen LogP contribution is -2.60. The zero-order valence-corrected chi connectivity index (χ0v) is 19.8. The van der Waals surface area contributed by atoms with E-state index in [1.807, 2.05) is 18.4 Å². The number of rotatable bonds is 4. The van der Waals surface area contributed by atoms with Crippen molar-refractivity contribution in [2.24, 2.45) is 0 Å². The first kappa shape index (κ1) is 21.3. The number of hydrogen-bond acceptors (Lipinski definition) is 5. The summed E-state index contributed by atoms with van der Waals surface area (Å²) in [7, 11) is 3.38. The zero-order valence-electron chi connectivity index (χ0n) is 18.3. The average molecular weight is 469 g/mol. The van der Waals surface area contributed by atoms with Gasteiger partial charge in [0, 0.05) is 22.6 Å². The van der Waals surface area contributed by atoms with Crippen molar-refractivity contribution in [3.8, 4) is 0 Å². The highest BCUT2D eigenvalue weighted by molar-refractivity contribution is 8.14. The number of imidazole rings is 1. The SMILES string of the molecule is COC1=C(C)CC23C=CC=C[N+]2(OC)c2ncc(SC(=O)c4cccc(Cl)c4)n2C3=C1C. The molecule has 8 heteroatoms. The van der Waals surface area contributed by atoms with Crippen molar-refractivity contribution in [2.45, 2.75) is 30.8 Å². The van der Waals surface area contributed by atoms with Crippen LogP contribution >= 0.6 is 23.4 Å². The van der Waals surface area contributed by atoms with E-state index in [1.54, 1.807) is 44.7 Å². The van der Waals surface area contributed by atoms with Gasteiger partial charge in [0.1, 0.15) is 22.7 Å². The number of carbonyl (C=O) groups excluding carboxylic acids is 1. The van der Waals surface area contributed by atoms with E-state index in [-0.39, 0.29) is 9.76 Å². The van der Waals surface area contributed by atoms with Crippen LogP contribution in [0.4, 0.5) is 5.95 Å². The standard InChI is InChI=1S/C24H23ClN3O3S/c1-15-13-24-10-5-6-11-28(24,31-4)23-26-14-19(27(23)21(24)16(2)20(15)30-3)32-22(29)17-8-7-9-18(25)12-17/h5-12,14H,13H2,1-4H3/q+1. The van der Waals surface area contributed by atoms with E-state index in [0.717, 1.165) is 39.4 Å². The van der Waals surface area contributed by atoms with Crippen molar-refractivity contribution in [3.63, 3.8) is 0 Å². The van der Waals surface area contributed by atoms with Crippen LogP contribution in [0, 0.1) is 0 Å². The maximum Gasteiger partial charge on any atom is 0.354 e. The quantitative estimate of drug-likeness (QED) is 0.423. The van der Waals surface area contributed by atoms with E-state index in [0.29, 0.717) is 23.0 Å². The topological polar surface area (TPSA) is 53.4 Å². The summed E-state index contributed by atoms with van der Waals surface area (Å²) >= 11 is 7.23. The summed E-state index contributed by atoms with van der Waals surface area (Å²) in [5.41, 5.74) is 3.17. The Bertz CT molecular complexity index is 1280. The molecule has 0 N–H and O–H groups in total. The molecular weight excluding hydrogens is 446 g/mol. The number of ether oxygens (including phenoxy) is 1. The molecule has 1 aliphatic carbocycles. The molecule has 32 heavy (non-hydrogen) atoms. The molecule has 5 rings (SSSR count). The average Bonchev–Trinajstić information content (AvgIpc) is 3.28. The lowest BCUT2D eigenvalue weighted by molar-refractivity contribution is -0.118. The van der Waals surface area contributed by atoms with Gasteiger partial charge < -0.3 is 4.74 Å². The largest absolute Gasteiger partial charge is 0.496 e. The number of allylic oxidation sites excluding steroid dienone is 3. The maximum atomic E-state index is 13.1. The second-order valence-electron chi connectivity index (χ2n) is 8.06. The summed E-state index contributed by atoms with van der Waals surface area (Å²) in [6, 6.07) is 6.97. The number of halogens is 1. The van der Waals surface area contributed by atoms with Gasteiger partial charge in [0.25, 0.3) is 0 Å². The van der Waals surface area contributed by atoms with Crippen LogP contribution in [0.5, 0.6) is 0 Å². The predicted octanol–water partition coefficient (Wildman–Crippen LogP) is 5.73. The van der Waals surface area contributed by atoms with Crippen molar-refractivity contribution < 1.29 is 14.4 Å². The van der Waals surface area contributed by atoms with E-state index in [9.17, 15) is 4.79 Å². The van der Waals surface area contributed by atoms with Crippen LogP contribution in [0.2, 0.25) is 5.02 Å². The molecule has 0 radical (unpaired) electrons. The summed E-state index contributed by atoms with van der Waals surface area (Å²) < 4.78 is 7.92. The third-order valence-electron chi connectivity index (χ3n) is 6.38. The number of carbonyl (C=O) groups is 1. The van der Waals surface area contributed by atoms with Crippen LogP contribution in [-0.2, 0) is 9.57 Å². The second kappa shape index (κ2) is 7.49. The Labute approximate surface area is 196 Å². The summed E-state index contributed by atoms with van der Waals surface area (Å²) in [6.45, 7) is 4.14. The van der Waals surface area contributed by atoms with Crippen molar-refractivity contribution in [1.82, 2.24) is 14.2 Å². The highest BCUT2D eigenvalue weighted by atomic mass is 35.5. The molecule has 2 atom stereocenters. The Kier molecular flexibility index (Phi) is 4.98. The molecule has 0 saturated heterocycles. The molecular formula is C24H23ClN3O3S+. The smallest absolute Gasteiger partial charge is 0.354 e. The molecule has 1 spiro atoms. The molecule has 3 heterocycles. The number of thioether (sulfide) groups is 1. The third kappa shape index (κ3) is 2.69. The van der Waals surface area contributed by atoms with Crippen LogP contribution in [0.15, 0.2) is 76.8 Å². The molecule has 6 nitrogen and oxygen atoms in total. The monoisotopic (exact) mass is 468 g/mol. The van der Waals surface area contributed by atoms with Gasteiger partial charge in [-0.3, -0.25) is 4.79 Å². The first-order valence-electron chi connectivity index (χ1n) is 10.2. The van der Waals surface area contributed by atoms with Crippen molar-refractivity contribution >= 4 is 40.1 Å². The minimum Gasteiger partial charge on any atom is -0.496 e. The van der Waals surface area contributed by atoms with Crippen molar-refractivity contribution in [2.75, 3.05) is 14.2 Å². The molecule has 2 unspecified atom stereocenters. The lowest BCUT2D eigenvalue weighted by Gasteiger charge is -2.42. The molecule has 1 aromatic carbocycles. The minimum absolute atomic E-state index is 0.0937. The number of fused-ring (bicyclic) bond motifs is 3. The molecule has 2 aliphatic heterocycles. The van der Waals surface area contributed by atoms with Crippen LogP contribution < -0.4 is 4.65 Å². The number of methoxy groups -OCH3 is 1. The molecule has 164 valence electrons. The number of benzene rings is 1. The normalized spacial score (nSPS) is 25.7. The van der Waals surface area contributed by atoms with Gasteiger partial charge in [-0.2, -0.15) is 9.82 Å².